The van der Waals surface area contributed by atoms with Crippen molar-refractivity contribution in [3.63, 3.8) is 0 Å². The fraction of sp³-hybridized carbons (Fsp3) is 0.290. The lowest BCUT2D eigenvalue weighted by atomic mass is 9.84. The van der Waals surface area contributed by atoms with Crippen LogP contribution in [0.4, 0.5) is 0 Å². The lowest BCUT2D eigenvalue weighted by Crippen LogP contribution is -2.54. The Bertz CT molecular complexity index is 1230. The molecule has 0 aliphatic carbocycles. The highest BCUT2D eigenvalue weighted by Gasteiger charge is 2.52. The van der Waals surface area contributed by atoms with Crippen molar-refractivity contribution >= 4 is 17.9 Å². The molecule has 0 saturated carbocycles. The van der Waals surface area contributed by atoms with Gasteiger partial charge in [0.2, 0.25) is 5.90 Å². The Morgan fingerprint density at radius 2 is 1.74 bits per heavy atom. The van der Waals surface area contributed by atoms with Crippen LogP contribution in [0.3, 0.4) is 0 Å². The molecule has 3 aromatic rings. The van der Waals surface area contributed by atoms with Crippen LogP contribution in [0.15, 0.2) is 96.0 Å². The molecule has 1 amide bonds. The summed E-state index contributed by atoms with van der Waals surface area (Å²) >= 11 is 0. The van der Waals surface area contributed by atoms with E-state index in [2.05, 4.69) is 10.9 Å². The van der Waals surface area contributed by atoms with Gasteiger partial charge in [0, 0.05) is 31.1 Å². The maximum atomic E-state index is 13.8. The zero-order valence-corrected chi connectivity index (χ0v) is 21.8. The first kappa shape index (κ1) is 27.1. The number of nitrogens with one attached hydrogen (secondary N) is 2. The molecule has 3 N–H and O–H groups in total. The number of benzene rings is 3. The van der Waals surface area contributed by atoms with E-state index >= 15 is 0 Å². The van der Waals surface area contributed by atoms with E-state index in [0.29, 0.717) is 31.1 Å². The molecule has 0 bridgehead atoms. The van der Waals surface area contributed by atoms with Crippen molar-refractivity contribution in [3.8, 4) is 5.75 Å². The van der Waals surface area contributed by atoms with E-state index in [1.807, 2.05) is 111 Å². The quantitative estimate of drug-likeness (QED) is 0.238. The third-order valence-corrected chi connectivity index (χ3v) is 6.15. The second-order valence-corrected chi connectivity index (χ2v) is 9.47. The van der Waals surface area contributed by atoms with E-state index in [-0.39, 0.29) is 18.6 Å². The molecule has 0 saturated heterocycles. The number of hydrogen-bond acceptors (Lipinski definition) is 6. The fourth-order valence-electron chi connectivity index (χ4n) is 4.20. The van der Waals surface area contributed by atoms with Gasteiger partial charge in [-0.15, -0.1) is 0 Å². The standard InChI is InChI=1S/C31H35N3O4/c1-23(2)33-34-30(36)31(20-9-13-24-11-5-3-6-12-24)28(25-14-7-4-8-15-25)38-29(32-31)26-16-18-27(19-17-26)37-22-10-21-35/h3-9,11-19,23,28,33,35H,10,20-22H2,1-2H3,(H,34,36)/b13-9+/t28-,31-/m0/s1. The van der Waals surface area contributed by atoms with Gasteiger partial charge in [0.1, 0.15) is 5.75 Å². The molecular weight excluding hydrogens is 478 g/mol. The number of carbonyl (C=O) groups is 1. The van der Waals surface area contributed by atoms with Crippen molar-refractivity contribution in [2.45, 2.75) is 44.4 Å². The number of aliphatic hydroxyl groups is 1. The van der Waals surface area contributed by atoms with Crippen molar-refractivity contribution in [3.05, 3.63) is 108 Å². The third kappa shape index (κ3) is 6.68. The molecule has 7 heteroatoms. The van der Waals surface area contributed by atoms with E-state index in [1.165, 1.54) is 0 Å². The molecule has 2 atom stereocenters. The summed E-state index contributed by atoms with van der Waals surface area (Å²) in [6, 6.07) is 27.2. The zero-order chi connectivity index (χ0) is 26.8. The van der Waals surface area contributed by atoms with E-state index in [4.69, 9.17) is 19.6 Å². The summed E-state index contributed by atoms with van der Waals surface area (Å²) in [4.78, 5) is 18.8. The molecule has 0 radical (unpaired) electrons. The molecule has 1 heterocycles. The molecule has 38 heavy (non-hydrogen) atoms. The van der Waals surface area contributed by atoms with Gasteiger partial charge in [0.15, 0.2) is 11.6 Å². The van der Waals surface area contributed by atoms with Gasteiger partial charge in [-0.1, -0.05) is 72.8 Å². The number of aliphatic imine (C=N–C) groups is 1. The van der Waals surface area contributed by atoms with Crippen molar-refractivity contribution < 1.29 is 19.4 Å². The molecule has 4 rings (SSSR count). The highest BCUT2D eigenvalue weighted by molar-refractivity contribution is 6.01. The van der Waals surface area contributed by atoms with Gasteiger partial charge < -0.3 is 14.6 Å². The third-order valence-electron chi connectivity index (χ3n) is 6.15. The molecule has 198 valence electrons. The Morgan fingerprint density at radius 1 is 1.05 bits per heavy atom. The average Bonchev–Trinajstić information content (AvgIpc) is 3.34. The topological polar surface area (TPSA) is 92.2 Å². The lowest BCUT2D eigenvalue weighted by Gasteiger charge is -2.30. The Balaban J connectivity index is 1.70. The minimum Gasteiger partial charge on any atom is -0.494 e. The second kappa shape index (κ2) is 13.0. The summed E-state index contributed by atoms with van der Waals surface area (Å²) in [5.74, 6) is 0.821. The summed E-state index contributed by atoms with van der Waals surface area (Å²) in [6.45, 7) is 4.43. The molecule has 0 aromatic heterocycles. The van der Waals surface area contributed by atoms with Crippen LogP contribution in [0, 0.1) is 0 Å². The molecular formula is C31H35N3O4. The number of nitrogens with zero attached hydrogens (tertiary/aromatic N) is 1. The first-order chi connectivity index (χ1) is 18.5. The van der Waals surface area contributed by atoms with E-state index in [9.17, 15) is 4.79 Å². The predicted octanol–water partition coefficient (Wildman–Crippen LogP) is 4.84. The summed E-state index contributed by atoms with van der Waals surface area (Å²) in [5.41, 5.74) is 7.32. The molecule has 1 aliphatic heterocycles. The number of hydrogen-bond donors (Lipinski definition) is 3. The molecule has 1 aliphatic rings. The minimum atomic E-state index is -1.24. The average molecular weight is 514 g/mol. The van der Waals surface area contributed by atoms with Crippen LogP contribution in [0.2, 0.25) is 0 Å². The van der Waals surface area contributed by atoms with Gasteiger partial charge in [-0.05, 0) is 49.2 Å². The second-order valence-electron chi connectivity index (χ2n) is 9.47. The number of carbonyl (C=O) groups excluding carboxylic acids is 1. The van der Waals surface area contributed by atoms with Gasteiger partial charge in [-0.2, -0.15) is 0 Å². The zero-order valence-electron chi connectivity index (χ0n) is 21.8. The molecule has 0 fully saturated rings. The van der Waals surface area contributed by atoms with E-state index < -0.39 is 11.6 Å². The number of hydrazine groups is 1. The van der Waals surface area contributed by atoms with Gasteiger partial charge in [-0.25, -0.2) is 10.4 Å². The van der Waals surface area contributed by atoms with E-state index in [1.54, 1.807) is 0 Å². The van der Waals surface area contributed by atoms with Crippen LogP contribution in [-0.4, -0.2) is 41.7 Å². The van der Waals surface area contributed by atoms with Crippen LogP contribution in [0.1, 0.15) is 49.5 Å². The Labute approximate surface area is 224 Å². The van der Waals surface area contributed by atoms with Gasteiger partial charge in [0.25, 0.3) is 5.91 Å². The molecule has 0 unspecified atom stereocenters. The van der Waals surface area contributed by atoms with Crippen molar-refractivity contribution in [2.75, 3.05) is 13.2 Å². The van der Waals surface area contributed by atoms with Crippen LogP contribution >= 0.6 is 0 Å². The number of ether oxygens (including phenoxy) is 2. The summed E-state index contributed by atoms with van der Waals surface area (Å²) in [6.07, 6.45) is 4.24. The van der Waals surface area contributed by atoms with Crippen LogP contribution in [0.5, 0.6) is 5.75 Å². The van der Waals surface area contributed by atoms with E-state index in [0.717, 1.165) is 16.7 Å². The Morgan fingerprint density at radius 3 is 2.39 bits per heavy atom. The van der Waals surface area contributed by atoms with Gasteiger partial charge >= 0.3 is 0 Å². The summed E-state index contributed by atoms with van der Waals surface area (Å²) in [5, 5.41) is 8.99. The van der Waals surface area contributed by atoms with Crippen LogP contribution in [-0.2, 0) is 9.53 Å². The number of rotatable bonds is 12. The smallest absolute Gasteiger partial charge is 0.266 e. The Hall–Kier alpha value is -3.94. The summed E-state index contributed by atoms with van der Waals surface area (Å²) < 4.78 is 12.1. The highest BCUT2D eigenvalue weighted by Crippen LogP contribution is 2.42. The Kier molecular flexibility index (Phi) is 9.30. The first-order valence-electron chi connectivity index (χ1n) is 12.9. The van der Waals surface area contributed by atoms with Crippen molar-refractivity contribution in [1.29, 1.82) is 0 Å². The molecule has 3 aromatic carbocycles. The first-order valence-corrected chi connectivity index (χ1v) is 12.9. The minimum absolute atomic E-state index is 0.0511. The number of amides is 1. The van der Waals surface area contributed by atoms with Crippen LogP contribution in [0.25, 0.3) is 6.08 Å². The lowest BCUT2D eigenvalue weighted by molar-refractivity contribution is -0.130. The summed E-state index contributed by atoms with van der Waals surface area (Å²) in [7, 11) is 0. The number of aliphatic hydroxyl groups excluding tert-OH is 1. The molecule has 0 spiro atoms. The van der Waals surface area contributed by atoms with Crippen molar-refractivity contribution in [2.24, 2.45) is 4.99 Å². The van der Waals surface area contributed by atoms with Crippen LogP contribution < -0.4 is 15.6 Å². The SMILES string of the molecule is CC(C)NNC(=O)[C@@]1(C/C=C/c2ccccc2)N=C(c2ccc(OCCCO)cc2)O[C@H]1c1ccccc1. The van der Waals surface area contributed by atoms with Gasteiger partial charge in [-0.3, -0.25) is 10.2 Å². The van der Waals surface area contributed by atoms with Crippen molar-refractivity contribution in [1.82, 2.24) is 10.9 Å². The predicted molar refractivity (Wildman–Crippen MR) is 150 cm³/mol. The largest absolute Gasteiger partial charge is 0.494 e. The fourth-order valence-corrected chi connectivity index (χ4v) is 4.20. The monoisotopic (exact) mass is 513 g/mol. The van der Waals surface area contributed by atoms with Gasteiger partial charge in [0.05, 0.1) is 6.61 Å². The maximum Gasteiger partial charge on any atom is 0.266 e. The molecule has 7 nitrogen and oxygen atoms in total. The highest BCUT2D eigenvalue weighted by atomic mass is 16.5. The maximum absolute atomic E-state index is 13.8. The normalized spacial score (nSPS) is 18.8.